The highest BCUT2D eigenvalue weighted by Gasteiger charge is 2.24. The predicted octanol–water partition coefficient (Wildman–Crippen LogP) is 0.658. The molecular weight excluding hydrogens is 274 g/mol. The fourth-order valence-corrected chi connectivity index (χ4v) is 3.43. The molecule has 0 aliphatic carbocycles. The van der Waals surface area contributed by atoms with E-state index < -0.39 is 10.0 Å². The highest BCUT2D eigenvalue weighted by molar-refractivity contribution is 7.88. The third kappa shape index (κ3) is 3.71. The lowest BCUT2D eigenvalue weighted by Crippen LogP contribution is -2.48. The van der Waals surface area contributed by atoms with Crippen molar-refractivity contribution < 1.29 is 8.42 Å². The fraction of sp³-hybridized carbons (Fsp3) is 0.571. The molecule has 0 amide bonds. The first kappa shape index (κ1) is 15.3. The Hall–Kier alpha value is -1.11. The Morgan fingerprint density at radius 2 is 1.80 bits per heavy atom. The zero-order chi connectivity index (χ0) is 14.8. The molecule has 112 valence electrons. The van der Waals surface area contributed by atoms with Gasteiger partial charge in [0.05, 0.1) is 6.26 Å². The molecule has 0 spiro atoms. The lowest BCUT2D eigenvalue weighted by Gasteiger charge is -2.36. The minimum Gasteiger partial charge on any atom is -0.369 e. The first-order chi connectivity index (χ1) is 9.38. The van der Waals surface area contributed by atoms with Gasteiger partial charge < -0.3 is 10.6 Å². The van der Waals surface area contributed by atoms with Crippen LogP contribution >= 0.6 is 0 Å². The molecule has 0 saturated carbocycles. The SMILES string of the molecule is CC(N)Cc1ccccc1N1CCN(S(C)(=O)=O)CC1. The molecule has 5 nitrogen and oxygen atoms in total. The van der Waals surface area contributed by atoms with Crippen molar-refractivity contribution >= 4 is 15.7 Å². The van der Waals surface area contributed by atoms with Crippen LogP contribution in [0.3, 0.4) is 0 Å². The number of nitrogens with zero attached hydrogens (tertiary/aromatic N) is 2. The van der Waals surface area contributed by atoms with E-state index in [9.17, 15) is 8.42 Å². The topological polar surface area (TPSA) is 66.6 Å². The second kappa shape index (κ2) is 6.11. The maximum absolute atomic E-state index is 11.5. The van der Waals surface area contributed by atoms with Gasteiger partial charge in [-0.3, -0.25) is 0 Å². The van der Waals surface area contributed by atoms with Gasteiger partial charge in [0.25, 0.3) is 0 Å². The fourth-order valence-electron chi connectivity index (χ4n) is 2.60. The number of anilines is 1. The van der Waals surface area contributed by atoms with E-state index in [1.165, 1.54) is 21.8 Å². The van der Waals surface area contributed by atoms with Gasteiger partial charge in [-0.25, -0.2) is 8.42 Å². The molecule has 1 saturated heterocycles. The standard InChI is InChI=1S/C14H23N3O2S/c1-12(15)11-13-5-3-4-6-14(13)16-7-9-17(10-8-16)20(2,18)19/h3-6,12H,7-11,15H2,1-2H3. The number of para-hydroxylation sites is 1. The number of piperazine rings is 1. The molecule has 2 rings (SSSR count). The van der Waals surface area contributed by atoms with Gasteiger partial charge >= 0.3 is 0 Å². The van der Waals surface area contributed by atoms with Crippen LogP contribution in [0.1, 0.15) is 12.5 Å². The minimum absolute atomic E-state index is 0.119. The summed E-state index contributed by atoms with van der Waals surface area (Å²) in [6.07, 6.45) is 2.11. The van der Waals surface area contributed by atoms with Crippen molar-refractivity contribution in [3.8, 4) is 0 Å². The Balaban J connectivity index is 2.11. The van der Waals surface area contributed by atoms with Crippen LogP contribution in [0.2, 0.25) is 0 Å². The van der Waals surface area contributed by atoms with E-state index in [1.54, 1.807) is 0 Å². The van der Waals surface area contributed by atoms with Gasteiger partial charge in [-0.15, -0.1) is 0 Å². The number of hydrogen-bond donors (Lipinski definition) is 1. The lowest BCUT2D eigenvalue weighted by molar-refractivity contribution is 0.387. The van der Waals surface area contributed by atoms with Crippen LogP contribution in [0, 0.1) is 0 Å². The van der Waals surface area contributed by atoms with Crippen molar-refractivity contribution in [2.75, 3.05) is 37.3 Å². The normalized spacial score (nSPS) is 19.1. The van der Waals surface area contributed by atoms with E-state index in [0.29, 0.717) is 13.1 Å². The van der Waals surface area contributed by atoms with Gasteiger partial charge in [0.2, 0.25) is 10.0 Å². The third-order valence-electron chi connectivity index (χ3n) is 3.58. The average Bonchev–Trinajstić information content (AvgIpc) is 2.38. The molecule has 0 radical (unpaired) electrons. The summed E-state index contributed by atoms with van der Waals surface area (Å²) < 4.78 is 24.6. The van der Waals surface area contributed by atoms with E-state index in [2.05, 4.69) is 17.0 Å². The van der Waals surface area contributed by atoms with Crippen LogP contribution in [-0.4, -0.2) is 51.2 Å². The van der Waals surface area contributed by atoms with Crippen LogP contribution in [0.4, 0.5) is 5.69 Å². The van der Waals surface area contributed by atoms with Crippen molar-refractivity contribution in [2.24, 2.45) is 5.73 Å². The van der Waals surface area contributed by atoms with E-state index in [0.717, 1.165) is 19.5 Å². The Morgan fingerprint density at radius 1 is 1.20 bits per heavy atom. The lowest BCUT2D eigenvalue weighted by atomic mass is 10.0. The molecule has 1 aromatic carbocycles. The second-order valence-electron chi connectivity index (χ2n) is 5.46. The summed E-state index contributed by atoms with van der Waals surface area (Å²) in [6.45, 7) is 4.54. The van der Waals surface area contributed by atoms with Gasteiger partial charge in [0, 0.05) is 37.9 Å². The Labute approximate surface area is 121 Å². The summed E-state index contributed by atoms with van der Waals surface area (Å²) >= 11 is 0. The maximum atomic E-state index is 11.5. The molecule has 2 N–H and O–H groups in total. The smallest absolute Gasteiger partial charge is 0.211 e. The van der Waals surface area contributed by atoms with E-state index >= 15 is 0 Å². The molecule has 6 heteroatoms. The summed E-state index contributed by atoms with van der Waals surface area (Å²) in [5, 5.41) is 0. The largest absolute Gasteiger partial charge is 0.369 e. The molecule has 20 heavy (non-hydrogen) atoms. The first-order valence-electron chi connectivity index (χ1n) is 6.91. The summed E-state index contributed by atoms with van der Waals surface area (Å²) in [6, 6.07) is 8.35. The van der Waals surface area contributed by atoms with Crippen LogP contribution in [-0.2, 0) is 16.4 Å². The molecule has 1 heterocycles. The third-order valence-corrected chi connectivity index (χ3v) is 4.89. The van der Waals surface area contributed by atoms with Crippen molar-refractivity contribution in [1.82, 2.24) is 4.31 Å². The van der Waals surface area contributed by atoms with Crippen LogP contribution < -0.4 is 10.6 Å². The van der Waals surface area contributed by atoms with Crippen molar-refractivity contribution in [1.29, 1.82) is 0 Å². The van der Waals surface area contributed by atoms with E-state index in [4.69, 9.17) is 5.73 Å². The van der Waals surface area contributed by atoms with Gasteiger partial charge in [0.1, 0.15) is 0 Å². The highest BCUT2D eigenvalue weighted by atomic mass is 32.2. The molecule has 1 aliphatic rings. The molecule has 1 fully saturated rings. The summed E-state index contributed by atoms with van der Waals surface area (Å²) in [4.78, 5) is 2.25. The Morgan fingerprint density at radius 3 is 2.35 bits per heavy atom. The van der Waals surface area contributed by atoms with Crippen molar-refractivity contribution in [3.63, 3.8) is 0 Å². The molecule has 1 aliphatic heterocycles. The van der Waals surface area contributed by atoms with Gasteiger partial charge in [-0.05, 0) is 25.0 Å². The number of hydrogen-bond acceptors (Lipinski definition) is 4. The number of rotatable bonds is 4. The zero-order valence-electron chi connectivity index (χ0n) is 12.1. The van der Waals surface area contributed by atoms with Crippen LogP contribution in [0.5, 0.6) is 0 Å². The van der Waals surface area contributed by atoms with Gasteiger partial charge in [-0.1, -0.05) is 18.2 Å². The zero-order valence-corrected chi connectivity index (χ0v) is 12.9. The molecule has 1 aromatic rings. The highest BCUT2D eigenvalue weighted by Crippen LogP contribution is 2.23. The number of benzene rings is 1. The molecular formula is C14H23N3O2S. The molecule has 1 unspecified atom stereocenters. The second-order valence-corrected chi connectivity index (χ2v) is 7.44. The van der Waals surface area contributed by atoms with E-state index in [-0.39, 0.29) is 6.04 Å². The van der Waals surface area contributed by atoms with Crippen molar-refractivity contribution in [3.05, 3.63) is 29.8 Å². The summed E-state index contributed by atoms with van der Waals surface area (Å²) in [5.41, 5.74) is 8.31. The van der Waals surface area contributed by atoms with Gasteiger partial charge in [0.15, 0.2) is 0 Å². The van der Waals surface area contributed by atoms with Crippen LogP contribution in [0.25, 0.3) is 0 Å². The Bertz CT molecular complexity index is 549. The average molecular weight is 297 g/mol. The number of nitrogens with two attached hydrogens (primary N) is 1. The summed E-state index contributed by atoms with van der Waals surface area (Å²) in [7, 11) is -3.07. The first-order valence-corrected chi connectivity index (χ1v) is 8.76. The van der Waals surface area contributed by atoms with Crippen LogP contribution in [0.15, 0.2) is 24.3 Å². The predicted molar refractivity (Wildman–Crippen MR) is 82.4 cm³/mol. The maximum Gasteiger partial charge on any atom is 0.211 e. The summed E-state index contributed by atoms with van der Waals surface area (Å²) in [5.74, 6) is 0. The quantitative estimate of drug-likeness (QED) is 0.886. The van der Waals surface area contributed by atoms with Gasteiger partial charge in [-0.2, -0.15) is 4.31 Å². The molecule has 0 bridgehead atoms. The Kier molecular flexibility index (Phi) is 4.67. The molecule has 1 atom stereocenters. The van der Waals surface area contributed by atoms with Crippen molar-refractivity contribution in [2.45, 2.75) is 19.4 Å². The monoisotopic (exact) mass is 297 g/mol. The van der Waals surface area contributed by atoms with E-state index in [1.807, 2.05) is 19.1 Å². The molecule has 0 aromatic heterocycles. The minimum atomic E-state index is -3.07. The number of sulfonamides is 1.